The van der Waals surface area contributed by atoms with Gasteiger partial charge in [0.1, 0.15) is 5.69 Å². The number of aryl methyl sites for hydroxylation is 1. The highest BCUT2D eigenvalue weighted by Crippen LogP contribution is 2.21. The fourth-order valence-electron chi connectivity index (χ4n) is 2.19. The highest BCUT2D eigenvalue weighted by atomic mass is 35.5. The second-order valence-electron chi connectivity index (χ2n) is 6.23. The van der Waals surface area contributed by atoms with Crippen LogP contribution in [-0.2, 0) is 6.42 Å². The second kappa shape index (κ2) is 9.02. The van der Waals surface area contributed by atoms with Crippen LogP contribution in [0.25, 0.3) is 0 Å². The molecule has 0 saturated carbocycles. The van der Waals surface area contributed by atoms with Gasteiger partial charge in [0, 0.05) is 28.8 Å². The van der Waals surface area contributed by atoms with E-state index in [4.69, 9.17) is 23.2 Å². The van der Waals surface area contributed by atoms with Gasteiger partial charge < -0.3 is 10.6 Å². The van der Waals surface area contributed by atoms with E-state index in [0.29, 0.717) is 40.6 Å². The molecule has 1 aromatic carbocycles. The Morgan fingerprint density at radius 1 is 1.20 bits per heavy atom. The summed E-state index contributed by atoms with van der Waals surface area (Å²) in [5.74, 6) is 0.702. The summed E-state index contributed by atoms with van der Waals surface area (Å²) in [5.41, 5.74) is 2.03. The standard InChI is InChI=1S/C18H22Cl2N4O/c1-11(2)10-22-18-23-12(3)8-16(24-18)17(25)21-7-6-13-4-5-14(19)9-15(13)20/h4-5,8-9,11H,6-7,10H2,1-3H3,(H,21,25)(H,22,23,24). The molecule has 0 spiro atoms. The van der Waals surface area contributed by atoms with Crippen LogP contribution in [0.5, 0.6) is 0 Å². The molecule has 0 aliphatic carbocycles. The number of nitrogens with zero attached hydrogens (tertiary/aromatic N) is 2. The molecule has 0 fully saturated rings. The highest BCUT2D eigenvalue weighted by molar-refractivity contribution is 6.35. The lowest BCUT2D eigenvalue weighted by atomic mass is 10.1. The predicted octanol–water partition coefficient (Wildman–Crippen LogP) is 4.13. The molecule has 2 rings (SSSR count). The van der Waals surface area contributed by atoms with Crippen LogP contribution in [-0.4, -0.2) is 29.0 Å². The summed E-state index contributed by atoms with van der Waals surface area (Å²) < 4.78 is 0. The fourth-order valence-corrected chi connectivity index (χ4v) is 2.69. The quantitative estimate of drug-likeness (QED) is 0.757. The van der Waals surface area contributed by atoms with Crippen LogP contribution in [0.2, 0.25) is 10.0 Å². The van der Waals surface area contributed by atoms with Crippen molar-refractivity contribution in [3.8, 4) is 0 Å². The summed E-state index contributed by atoms with van der Waals surface area (Å²) in [7, 11) is 0. The summed E-state index contributed by atoms with van der Waals surface area (Å²) in [5, 5.41) is 7.19. The number of aromatic nitrogens is 2. The predicted molar refractivity (Wildman–Crippen MR) is 103 cm³/mol. The van der Waals surface area contributed by atoms with Gasteiger partial charge in [-0.3, -0.25) is 4.79 Å². The molecule has 5 nitrogen and oxygen atoms in total. The first-order chi connectivity index (χ1) is 11.8. The lowest BCUT2D eigenvalue weighted by Crippen LogP contribution is -2.27. The van der Waals surface area contributed by atoms with Gasteiger partial charge in [0.15, 0.2) is 0 Å². The van der Waals surface area contributed by atoms with Crippen molar-refractivity contribution in [3.63, 3.8) is 0 Å². The summed E-state index contributed by atoms with van der Waals surface area (Å²) in [6.45, 7) is 7.24. The number of rotatable bonds is 7. The summed E-state index contributed by atoms with van der Waals surface area (Å²) in [4.78, 5) is 20.9. The molecule has 0 atom stereocenters. The molecule has 7 heteroatoms. The number of hydrogen-bond donors (Lipinski definition) is 2. The van der Waals surface area contributed by atoms with Crippen molar-refractivity contribution >= 4 is 35.1 Å². The minimum absolute atomic E-state index is 0.233. The summed E-state index contributed by atoms with van der Waals surface area (Å²) >= 11 is 12.0. The maximum Gasteiger partial charge on any atom is 0.270 e. The third-order valence-corrected chi connectivity index (χ3v) is 4.04. The zero-order valence-electron chi connectivity index (χ0n) is 14.6. The molecule has 0 unspecified atom stereocenters. The Labute approximate surface area is 158 Å². The molecule has 0 radical (unpaired) electrons. The van der Waals surface area contributed by atoms with Gasteiger partial charge in [-0.2, -0.15) is 0 Å². The first-order valence-corrected chi connectivity index (χ1v) is 8.92. The van der Waals surface area contributed by atoms with Gasteiger partial charge in [0.2, 0.25) is 5.95 Å². The molecule has 0 aliphatic heterocycles. The average Bonchev–Trinajstić information content (AvgIpc) is 2.54. The van der Waals surface area contributed by atoms with Crippen LogP contribution in [0.1, 0.15) is 35.6 Å². The summed E-state index contributed by atoms with van der Waals surface area (Å²) in [6, 6.07) is 7.01. The first-order valence-electron chi connectivity index (χ1n) is 8.17. The van der Waals surface area contributed by atoms with E-state index < -0.39 is 0 Å². The SMILES string of the molecule is Cc1cc(C(=O)NCCc2ccc(Cl)cc2Cl)nc(NCC(C)C)n1. The van der Waals surface area contributed by atoms with Crippen LogP contribution in [0.4, 0.5) is 5.95 Å². The Kier molecular flexibility index (Phi) is 7.02. The van der Waals surface area contributed by atoms with E-state index in [1.165, 1.54) is 0 Å². The highest BCUT2D eigenvalue weighted by Gasteiger charge is 2.11. The Morgan fingerprint density at radius 2 is 1.96 bits per heavy atom. The van der Waals surface area contributed by atoms with Gasteiger partial charge in [0.05, 0.1) is 0 Å². The molecular formula is C18H22Cl2N4O. The number of halogens is 2. The zero-order chi connectivity index (χ0) is 18.4. The van der Waals surface area contributed by atoms with Crippen molar-refractivity contribution in [2.24, 2.45) is 5.92 Å². The van der Waals surface area contributed by atoms with Crippen LogP contribution < -0.4 is 10.6 Å². The Bertz CT molecular complexity index is 750. The van der Waals surface area contributed by atoms with Crippen molar-refractivity contribution < 1.29 is 4.79 Å². The summed E-state index contributed by atoms with van der Waals surface area (Å²) in [6.07, 6.45) is 0.615. The second-order valence-corrected chi connectivity index (χ2v) is 7.08. The maximum atomic E-state index is 12.3. The third kappa shape index (κ3) is 6.18. The lowest BCUT2D eigenvalue weighted by Gasteiger charge is -2.10. The Hall–Kier alpha value is -1.85. The number of hydrogen-bond acceptors (Lipinski definition) is 4. The molecule has 1 heterocycles. The molecule has 0 saturated heterocycles. The monoisotopic (exact) mass is 380 g/mol. The average molecular weight is 381 g/mol. The van der Waals surface area contributed by atoms with Gasteiger partial charge in [0.25, 0.3) is 5.91 Å². The molecule has 1 aromatic heterocycles. The van der Waals surface area contributed by atoms with E-state index in [-0.39, 0.29) is 5.91 Å². The molecule has 25 heavy (non-hydrogen) atoms. The smallest absolute Gasteiger partial charge is 0.270 e. The first kappa shape index (κ1) is 19.5. The van der Waals surface area contributed by atoms with Crippen molar-refractivity contribution in [2.45, 2.75) is 27.2 Å². The van der Waals surface area contributed by atoms with E-state index in [9.17, 15) is 4.79 Å². The molecule has 134 valence electrons. The van der Waals surface area contributed by atoms with E-state index >= 15 is 0 Å². The number of nitrogens with one attached hydrogen (secondary N) is 2. The van der Waals surface area contributed by atoms with E-state index in [1.807, 2.05) is 13.0 Å². The number of amides is 1. The molecule has 1 amide bonds. The van der Waals surface area contributed by atoms with Gasteiger partial charge in [-0.25, -0.2) is 9.97 Å². The van der Waals surface area contributed by atoms with Gasteiger partial charge in [-0.05, 0) is 43.0 Å². The normalized spacial score (nSPS) is 10.8. The molecular weight excluding hydrogens is 359 g/mol. The number of carbonyl (C=O) groups excluding carboxylic acids is 1. The minimum Gasteiger partial charge on any atom is -0.354 e. The van der Waals surface area contributed by atoms with Gasteiger partial charge >= 0.3 is 0 Å². The van der Waals surface area contributed by atoms with Crippen LogP contribution >= 0.6 is 23.2 Å². The Balaban J connectivity index is 1.95. The van der Waals surface area contributed by atoms with Crippen molar-refractivity contribution in [2.75, 3.05) is 18.4 Å². The fraction of sp³-hybridized carbons (Fsp3) is 0.389. The van der Waals surface area contributed by atoms with Crippen LogP contribution in [0, 0.1) is 12.8 Å². The van der Waals surface area contributed by atoms with Crippen LogP contribution in [0.15, 0.2) is 24.3 Å². The zero-order valence-corrected chi connectivity index (χ0v) is 16.1. The lowest BCUT2D eigenvalue weighted by molar-refractivity contribution is 0.0949. The topological polar surface area (TPSA) is 66.9 Å². The molecule has 2 N–H and O–H groups in total. The minimum atomic E-state index is -0.233. The van der Waals surface area contributed by atoms with E-state index in [2.05, 4.69) is 34.4 Å². The Morgan fingerprint density at radius 3 is 2.64 bits per heavy atom. The van der Waals surface area contributed by atoms with Gasteiger partial charge in [-0.1, -0.05) is 43.1 Å². The third-order valence-electron chi connectivity index (χ3n) is 3.45. The number of carbonyl (C=O) groups is 1. The number of anilines is 1. The van der Waals surface area contributed by atoms with Crippen molar-refractivity contribution in [3.05, 3.63) is 51.3 Å². The number of benzene rings is 1. The largest absolute Gasteiger partial charge is 0.354 e. The van der Waals surface area contributed by atoms with Crippen molar-refractivity contribution in [1.29, 1.82) is 0 Å². The molecule has 0 aliphatic rings. The van der Waals surface area contributed by atoms with E-state index in [0.717, 1.165) is 17.8 Å². The maximum absolute atomic E-state index is 12.3. The van der Waals surface area contributed by atoms with E-state index in [1.54, 1.807) is 18.2 Å². The van der Waals surface area contributed by atoms with Crippen molar-refractivity contribution in [1.82, 2.24) is 15.3 Å². The molecule has 2 aromatic rings. The van der Waals surface area contributed by atoms with Crippen LogP contribution in [0.3, 0.4) is 0 Å². The van der Waals surface area contributed by atoms with Gasteiger partial charge in [-0.15, -0.1) is 0 Å². The molecule has 0 bridgehead atoms.